The van der Waals surface area contributed by atoms with Gasteiger partial charge in [-0.15, -0.1) is 0 Å². The maximum absolute atomic E-state index is 11.1. The van der Waals surface area contributed by atoms with E-state index in [-0.39, 0.29) is 5.75 Å². The van der Waals surface area contributed by atoms with Gasteiger partial charge in [0.1, 0.15) is 15.7 Å². The number of hydrogen-bond donors (Lipinski definition) is 1. The molecular weight excluding hydrogens is 250 g/mol. The molecule has 1 aromatic heterocycles. The molecule has 0 aliphatic carbocycles. The second kappa shape index (κ2) is 6.70. The van der Waals surface area contributed by atoms with Gasteiger partial charge in [-0.1, -0.05) is 13.0 Å². The van der Waals surface area contributed by atoms with Crippen molar-refractivity contribution >= 4 is 15.7 Å². The van der Waals surface area contributed by atoms with Crippen LogP contribution >= 0.6 is 0 Å². The van der Waals surface area contributed by atoms with Crippen LogP contribution in [0.4, 0.5) is 5.82 Å². The fraction of sp³-hybridized carbons (Fsp3) is 0.583. The molecule has 1 aromatic rings. The van der Waals surface area contributed by atoms with Gasteiger partial charge < -0.3 is 10.2 Å². The third-order valence-corrected chi connectivity index (χ3v) is 3.46. The van der Waals surface area contributed by atoms with Crippen LogP contribution in [-0.2, 0) is 16.4 Å². The van der Waals surface area contributed by atoms with E-state index >= 15 is 0 Å². The highest BCUT2D eigenvalue weighted by Crippen LogP contribution is 2.09. The van der Waals surface area contributed by atoms with Gasteiger partial charge in [0.2, 0.25) is 0 Å². The van der Waals surface area contributed by atoms with Gasteiger partial charge in [0, 0.05) is 26.4 Å². The fourth-order valence-corrected chi connectivity index (χ4v) is 2.05. The summed E-state index contributed by atoms with van der Waals surface area (Å²) in [6, 6.07) is 5.78. The van der Waals surface area contributed by atoms with E-state index in [1.54, 1.807) is 0 Å². The number of aromatic nitrogens is 1. The van der Waals surface area contributed by atoms with Gasteiger partial charge in [-0.25, -0.2) is 13.4 Å². The first-order valence-corrected chi connectivity index (χ1v) is 8.04. The molecule has 0 spiro atoms. The molecule has 0 aromatic carbocycles. The van der Waals surface area contributed by atoms with Crippen molar-refractivity contribution in [1.82, 2.24) is 10.3 Å². The average molecular weight is 271 g/mol. The number of anilines is 1. The summed E-state index contributed by atoms with van der Waals surface area (Å²) in [4.78, 5) is 6.34. The highest BCUT2D eigenvalue weighted by atomic mass is 32.2. The molecule has 102 valence electrons. The monoisotopic (exact) mass is 271 g/mol. The minimum atomic E-state index is -2.93. The molecule has 0 unspecified atom stereocenters. The zero-order valence-corrected chi connectivity index (χ0v) is 12.0. The lowest BCUT2D eigenvalue weighted by Gasteiger charge is -2.18. The van der Waals surface area contributed by atoms with E-state index in [9.17, 15) is 8.42 Å². The highest BCUT2D eigenvalue weighted by Gasteiger charge is 2.07. The topological polar surface area (TPSA) is 62.3 Å². The first kappa shape index (κ1) is 14.9. The molecule has 1 rings (SSSR count). The normalized spacial score (nSPS) is 11.5. The van der Waals surface area contributed by atoms with Crippen LogP contribution in [0.1, 0.15) is 12.6 Å². The van der Waals surface area contributed by atoms with Crippen molar-refractivity contribution in [3.63, 3.8) is 0 Å². The van der Waals surface area contributed by atoms with Crippen LogP contribution in [0.15, 0.2) is 18.2 Å². The van der Waals surface area contributed by atoms with Crippen LogP contribution in [0.25, 0.3) is 0 Å². The predicted octanol–water partition coefficient (Wildman–Crippen LogP) is 0.672. The lowest BCUT2D eigenvalue weighted by molar-refractivity contribution is 0.601. The molecule has 0 amide bonds. The Balaban J connectivity index is 2.64. The Bertz CT molecular complexity index is 474. The number of rotatable bonds is 7. The third-order valence-electron chi connectivity index (χ3n) is 2.54. The zero-order chi connectivity index (χ0) is 13.6. The minimum Gasteiger partial charge on any atom is -0.359 e. The van der Waals surface area contributed by atoms with Crippen molar-refractivity contribution in [3.05, 3.63) is 23.9 Å². The molecule has 6 heteroatoms. The maximum Gasteiger partial charge on any atom is 0.149 e. The lowest BCUT2D eigenvalue weighted by atomic mass is 10.3. The molecule has 0 radical (unpaired) electrons. The van der Waals surface area contributed by atoms with Crippen LogP contribution in [-0.4, -0.2) is 45.5 Å². The Morgan fingerprint density at radius 3 is 2.72 bits per heavy atom. The highest BCUT2D eigenvalue weighted by molar-refractivity contribution is 7.90. The van der Waals surface area contributed by atoms with Gasteiger partial charge in [-0.2, -0.15) is 0 Å². The number of nitrogens with zero attached hydrogens (tertiary/aromatic N) is 2. The summed E-state index contributed by atoms with van der Waals surface area (Å²) in [5.74, 6) is 0.942. The molecule has 1 N–H and O–H groups in total. The van der Waals surface area contributed by atoms with Crippen molar-refractivity contribution in [2.24, 2.45) is 0 Å². The molecule has 1 heterocycles. The van der Waals surface area contributed by atoms with Gasteiger partial charge >= 0.3 is 0 Å². The summed E-state index contributed by atoms with van der Waals surface area (Å²) in [6.45, 7) is 4.12. The van der Waals surface area contributed by atoms with Crippen molar-refractivity contribution < 1.29 is 8.42 Å². The van der Waals surface area contributed by atoms with Crippen molar-refractivity contribution in [1.29, 1.82) is 0 Å². The van der Waals surface area contributed by atoms with Crippen LogP contribution in [0.3, 0.4) is 0 Å². The van der Waals surface area contributed by atoms with E-state index < -0.39 is 9.84 Å². The molecule has 0 saturated heterocycles. The molecule has 18 heavy (non-hydrogen) atoms. The van der Waals surface area contributed by atoms with E-state index in [1.165, 1.54) is 6.26 Å². The average Bonchev–Trinajstić information content (AvgIpc) is 2.33. The smallest absolute Gasteiger partial charge is 0.149 e. The SMILES string of the molecule is CCNCc1cccc(N(C)CCS(C)(=O)=O)n1. The van der Waals surface area contributed by atoms with Gasteiger partial charge in [0.05, 0.1) is 11.4 Å². The Kier molecular flexibility index (Phi) is 5.55. The summed E-state index contributed by atoms with van der Waals surface area (Å²) in [5.41, 5.74) is 0.959. The summed E-state index contributed by atoms with van der Waals surface area (Å²) in [6.07, 6.45) is 1.25. The molecular formula is C12H21N3O2S. The van der Waals surface area contributed by atoms with E-state index in [0.29, 0.717) is 6.54 Å². The van der Waals surface area contributed by atoms with Gasteiger partial charge in [-0.05, 0) is 18.7 Å². The van der Waals surface area contributed by atoms with Gasteiger partial charge in [0.15, 0.2) is 0 Å². The van der Waals surface area contributed by atoms with E-state index in [1.807, 2.05) is 37.1 Å². The molecule has 0 aliphatic rings. The van der Waals surface area contributed by atoms with Crippen LogP contribution in [0.2, 0.25) is 0 Å². The zero-order valence-electron chi connectivity index (χ0n) is 11.2. The Morgan fingerprint density at radius 1 is 1.39 bits per heavy atom. The van der Waals surface area contributed by atoms with Crippen molar-refractivity contribution in [2.45, 2.75) is 13.5 Å². The predicted molar refractivity (Wildman–Crippen MR) is 74.6 cm³/mol. The summed E-state index contributed by atoms with van der Waals surface area (Å²) < 4.78 is 22.2. The van der Waals surface area contributed by atoms with E-state index in [0.717, 1.165) is 24.6 Å². The lowest BCUT2D eigenvalue weighted by Crippen LogP contribution is -2.26. The summed E-state index contributed by atoms with van der Waals surface area (Å²) >= 11 is 0. The maximum atomic E-state index is 11.1. The van der Waals surface area contributed by atoms with Crippen molar-refractivity contribution in [3.8, 4) is 0 Å². The van der Waals surface area contributed by atoms with Gasteiger partial charge in [-0.3, -0.25) is 0 Å². The molecule has 0 aliphatic heterocycles. The Labute approximate surface area is 109 Å². The van der Waals surface area contributed by atoms with E-state index in [4.69, 9.17) is 0 Å². The molecule has 0 saturated carbocycles. The fourth-order valence-electron chi connectivity index (χ4n) is 1.45. The molecule has 0 bridgehead atoms. The summed E-state index contributed by atoms with van der Waals surface area (Å²) in [5, 5.41) is 3.21. The molecule has 0 fully saturated rings. The number of pyridine rings is 1. The van der Waals surface area contributed by atoms with Gasteiger partial charge in [0.25, 0.3) is 0 Å². The second-order valence-corrected chi connectivity index (χ2v) is 6.58. The largest absolute Gasteiger partial charge is 0.359 e. The molecule has 5 nitrogen and oxygen atoms in total. The van der Waals surface area contributed by atoms with Crippen LogP contribution in [0, 0.1) is 0 Å². The quantitative estimate of drug-likeness (QED) is 0.790. The second-order valence-electron chi connectivity index (χ2n) is 4.32. The van der Waals surface area contributed by atoms with Crippen LogP contribution in [0.5, 0.6) is 0 Å². The Morgan fingerprint density at radius 2 is 2.11 bits per heavy atom. The standard InChI is InChI=1S/C12H21N3O2S/c1-4-13-10-11-6-5-7-12(14-11)15(2)8-9-18(3,16)17/h5-7,13H,4,8-10H2,1-3H3. The number of sulfone groups is 1. The van der Waals surface area contributed by atoms with Crippen molar-refractivity contribution in [2.75, 3.05) is 37.0 Å². The first-order chi connectivity index (χ1) is 8.42. The number of hydrogen-bond acceptors (Lipinski definition) is 5. The van der Waals surface area contributed by atoms with Crippen LogP contribution < -0.4 is 10.2 Å². The summed E-state index contributed by atoms with van der Waals surface area (Å²) in [7, 11) is -1.08. The third kappa shape index (κ3) is 5.46. The number of nitrogens with one attached hydrogen (secondary N) is 1. The van der Waals surface area contributed by atoms with E-state index in [2.05, 4.69) is 10.3 Å². The minimum absolute atomic E-state index is 0.141. The first-order valence-electron chi connectivity index (χ1n) is 5.98. The Hall–Kier alpha value is -1.14. The molecule has 0 atom stereocenters.